The number of hydrogen-bond acceptors (Lipinski definition) is 6. The maximum absolute atomic E-state index is 13.4. The summed E-state index contributed by atoms with van der Waals surface area (Å²) in [6.45, 7) is 5.22. The molecule has 1 unspecified atom stereocenters. The summed E-state index contributed by atoms with van der Waals surface area (Å²) in [5.41, 5.74) is 5.98. The highest BCUT2D eigenvalue weighted by atomic mass is 32.2. The minimum absolute atomic E-state index is 0.209. The Bertz CT molecular complexity index is 1230. The number of H-pyrrole nitrogens is 1. The predicted molar refractivity (Wildman–Crippen MR) is 136 cm³/mol. The summed E-state index contributed by atoms with van der Waals surface area (Å²) < 4.78 is 19.0. The molecule has 2 aliphatic carbocycles. The van der Waals surface area contributed by atoms with Crippen LogP contribution in [0.1, 0.15) is 50.3 Å². The van der Waals surface area contributed by atoms with Gasteiger partial charge in [0, 0.05) is 34.8 Å². The average Bonchev–Trinajstić information content (AvgIpc) is 3.80. The molecule has 8 heteroatoms. The minimum Gasteiger partial charge on any atom is -0.377 e. The van der Waals surface area contributed by atoms with E-state index >= 15 is 0 Å². The van der Waals surface area contributed by atoms with Crippen molar-refractivity contribution in [3.8, 4) is 11.4 Å². The van der Waals surface area contributed by atoms with Gasteiger partial charge >= 0.3 is 0 Å². The lowest BCUT2D eigenvalue weighted by Crippen LogP contribution is -2.45. The van der Waals surface area contributed by atoms with Gasteiger partial charge in [-0.25, -0.2) is 9.97 Å². The number of fused-ring (bicyclic) bond motifs is 1. The van der Waals surface area contributed by atoms with E-state index in [1.165, 1.54) is 5.56 Å². The second kappa shape index (κ2) is 8.73. The minimum atomic E-state index is -0.824. The van der Waals surface area contributed by atoms with Gasteiger partial charge in [-0.15, -0.1) is 0 Å². The van der Waals surface area contributed by atoms with Crippen molar-refractivity contribution >= 4 is 27.7 Å². The number of rotatable bonds is 8. The molecule has 7 nitrogen and oxygen atoms in total. The zero-order valence-corrected chi connectivity index (χ0v) is 20.8. The lowest BCUT2D eigenvalue weighted by molar-refractivity contribution is 0.0926. The van der Waals surface area contributed by atoms with Gasteiger partial charge in [-0.2, -0.15) is 0 Å². The highest BCUT2D eigenvalue weighted by molar-refractivity contribution is 7.87. The Hall–Kier alpha value is -2.29. The molecule has 0 aromatic carbocycles. The van der Waals surface area contributed by atoms with Gasteiger partial charge in [0.1, 0.15) is 5.82 Å². The number of hydrogen-bond donors (Lipinski definition) is 2. The fourth-order valence-corrected chi connectivity index (χ4v) is 7.22. The molecule has 3 fully saturated rings. The standard InChI is InChI=1S/C26H33N5O2S/c1-3-19-16-33-11-10-31(19)25-13-17(26(8-9-26)34(32)20-4-5-20)12-23(30-25)22-7-6-21-24(29-22)14-18(28-21)15-27-2/h6-7,12-14,19-20,27-28H,3-5,8-11,15-16H2,1-2H3/t19-,34?/m0/s1. The SMILES string of the molecule is CC[C@H]1COCCN1c1cc(C2(S(=O)C3CC3)CC2)cc(-c2ccc3[nH]c(CNC)cc3n2)n1. The van der Waals surface area contributed by atoms with Crippen LogP contribution >= 0.6 is 0 Å². The molecule has 2 N–H and O–H groups in total. The third-order valence-corrected chi connectivity index (χ3v) is 9.90. The maximum Gasteiger partial charge on any atom is 0.130 e. The van der Waals surface area contributed by atoms with Crippen molar-refractivity contribution in [3.63, 3.8) is 0 Å². The normalized spacial score (nSPS) is 22.8. The van der Waals surface area contributed by atoms with E-state index in [4.69, 9.17) is 14.7 Å². The van der Waals surface area contributed by atoms with Gasteiger partial charge < -0.3 is 19.9 Å². The molecule has 1 saturated heterocycles. The van der Waals surface area contributed by atoms with Crippen LogP contribution in [0.3, 0.4) is 0 Å². The van der Waals surface area contributed by atoms with Gasteiger partial charge in [-0.3, -0.25) is 4.21 Å². The highest BCUT2D eigenvalue weighted by Crippen LogP contribution is 2.56. The second-order valence-corrected chi connectivity index (χ2v) is 11.9. The number of anilines is 1. The molecule has 2 atom stereocenters. The summed E-state index contributed by atoms with van der Waals surface area (Å²) in [5, 5.41) is 3.55. The molecule has 2 saturated carbocycles. The molecule has 3 aliphatic rings. The highest BCUT2D eigenvalue weighted by Gasteiger charge is 2.54. The average molecular weight is 480 g/mol. The molecule has 0 amide bonds. The van der Waals surface area contributed by atoms with E-state index in [2.05, 4.69) is 46.4 Å². The van der Waals surface area contributed by atoms with Crippen LogP contribution in [-0.2, 0) is 26.8 Å². The fraction of sp³-hybridized carbons (Fsp3) is 0.538. The molecule has 180 valence electrons. The number of aromatic amines is 1. The van der Waals surface area contributed by atoms with Gasteiger partial charge in [0.05, 0.1) is 46.4 Å². The van der Waals surface area contributed by atoms with Crippen LogP contribution in [0.15, 0.2) is 30.3 Å². The van der Waals surface area contributed by atoms with Crippen molar-refractivity contribution in [2.45, 2.75) is 61.6 Å². The van der Waals surface area contributed by atoms with Crippen LogP contribution in [-0.4, -0.2) is 57.3 Å². The monoisotopic (exact) mass is 479 g/mol. The third kappa shape index (κ3) is 3.95. The van der Waals surface area contributed by atoms with Gasteiger partial charge in [0.2, 0.25) is 0 Å². The Balaban J connectivity index is 1.45. The first kappa shape index (κ1) is 22.2. The van der Waals surface area contributed by atoms with Crippen LogP contribution < -0.4 is 10.2 Å². The van der Waals surface area contributed by atoms with Crippen molar-refractivity contribution in [1.82, 2.24) is 20.3 Å². The first-order chi connectivity index (χ1) is 16.6. The molecule has 4 heterocycles. The molecule has 6 rings (SSSR count). The van der Waals surface area contributed by atoms with Crippen LogP contribution in [0.2, 0.25) is 0 Å². The van der Waals surface area contributed by atoms with Crippen LogP contribution in [0.25, 0.3) is 22.4 Å². The summed E-state index contributed by atoms with van der Waals surface area (Å²) in [5.74, 6) is 0.966. The van der Waals surface area contributed by atoms with Gasteiger partial charge in [0.25, 0.3) is 0 Å². The van der Waals surface area contributed by atoms with Crippen molar-refractivity contribution in [2.75, 3.05) is 31.7 Å². The van der Waals surface area contributed by atoms with E-state index in [1.807, 2.05) is 13.1 Å². The van der Waals surface area contributed by atoms with E-state index in [-0.39, 0.29) is 4.75 Å². The first-order valence-electron chi connectivity index (χ1n) is 12.5. The zero-order valence-electron chi connectivity index (χ0n) is 20.0. The summed E-state index contributed by atoms with van der Waals surface area (Å²) in [4.78, 5) is 15.9. The largest absolute Gasteiger partial charge is 0.377 e. The van der Waals surface area contributed by atoms with Crippen molar-refractivity contribution in [2.24, 2.45) is 0 Å². The Kier molecular flexibility index (Phi) is 5.70. The van der Waals surface area contributed by atoms with E-state index in [0.717, 1.165) is 85.7 Å². The van der Waals surface area contributed by atoms with E-state index in [0.29, 0.717) is 17.9 Å². The van der Waals surface area contributed by atoms with E-state index in [9.17, 15) is 4.21 Å². The lowest BCUT2D eigenvalue weighted by atomic mass is 10.1. The van der Waals surface area contributed by atoms with Crippen LogP contribution in [0.4, 0.5) is 5.82 Å². The number of morpholine rings is 1. The molecular weight excluding hydrogens is 446 g/mol. The van der Waals surface area contributed by atoms with Crippen molar-refractivity contribution in [1.29, 1.82) is 0 Å². The Morgan fingerprint density at radius 2 is 2.06 bits per heavy atom. The second-order valence-electron chi connectivity index (χ2n) is 9.87. The molecule has 1 aliphatic heterocycles. The van der Waals surface area contributed by atoms with E-state index < -0.39 is 10.8 Å². The summed E-state index contributed by atoms with van der Waals surface area (Å²) in [7, 11) is 1.12. The molecule has 0 spiro atoms. The van der Waals surface area contributed by atoms with Crippen LogP contribution in [0.5, 0.6) is 0 Å². The number of aromatic nitrogens is 3. The van der Waals surface area contributed by atoms with Crippen molar-refractivity contribution < 1.29 is 8.95 Å². The molecule has 34 heavy (non-hydrogen) atoms. The third-order valence-electron chi connectivity index (χ3n) is 7.41. The molecule has 3 aromatic rings. The quantitative estimate of drug-likeness (QED) is 0.511. The Morgan fingerprint density at radius 3 is 2.79 bits per heavy atom. The Morgan fingerprint density at radius 1 is 1.21 bits per heavy atom. The van der Waals surface area contributed by atoms with Gasteiger partial charge in [0.15, 0.2) is 0 Å². The summed E-state index contributed by atoms with van der Waals surface area (Å²) in [6, 6.07) is 10.9. The fourth-order valence-electron chi connectivity index (χ4n) is 5.17. The molecule has 0 radical (unpaired) electrons. The van der Waals surface area contributed by atoms with Crippen molar-refractivity contribution in [3.05, 3.63) is 41.6 Å². The lowest BCUT2D eigenvalue weighted by Gasteiger charge is -2.36. The van der Waals surface area contributed by atoms with Gasteiger partial charge in [-0.1, -0.05) is 6.92 Å². The molecular formula is C26H33N5O2S. The van der Waals surface area contributed by atoms with Gasteiger partial charge in [-0.05, 0) is 75.0 Å². The Labute approximate surface area is 203 Å². The summed E-state index contributed by atoms with van der Waals surface area (Å²) in [6.07, 6.45) is 5.19. The smallest absolute Gasteiger partial charge is 0.130 e. The number of nitrogens with zero attached hydrogens (tertiary/aromatic N) is 3. The zero-order chi connectivity index (χ0) is 23.3. The predicted octanol–water partition coefficient (Wildman–Crippen LogP) is 3.86. The topological polar surface area (TPSA) is 83.1 Å². The van der Waals surface area contributed by atoms with E-state index in [1.54, 1.807) is 0 Å². The number of pyridine rings is 2. The van der Waals surface area contributed by atoms with Crippen LogP contribution in [0, 0.1) is 0 Å². The summed E-state index contributed by atoms with van der Waals surface area (Å²) >= 11 is 0. The number of nitrogens with one attached hydrogen (secondary N) is 2. The number of ether oxygens (including phenoxy) is 1. The first-order valence-corrected chi connectivity index (χ1v) is 13.7. The maximum atomic E-state index is 13.4. The molecule has 0 bridgehead atoms. The molecule has 3 aromatic heterocycles.